The minimum atomic E-state index is -0.764. The third-order valence-electron chi connectivity index (χ3n) is 3.99. The number of fused-ring (bicyclic) bond motifs is 1. The monoisotopic (exact) mass is 379 g/mol. The summed E-state index contributed by atoms with van der Waals surface area (Å²) in [5.74, 6) is -0.764. The van der Waals surface area contributed by atoms with Crippen molar-refractivity contribution in [1.29, 1.82) is 5.26 Å². The highest BCUT2D eigenvalue weighted by atomic mass is 32.1. The van der Waals surface area contributed by atoms with Crippen molar-refractivity contribution in [2.75, 3.05) is 6.61 Å². The topological polar surface area (TPSA) is 87.9 Å². The molecule has 0 bridgehead atoms. The Bertz CT molecular complexity index is 1240. The molecule has 0 aliphatic carbocycles. The van der Waals surface area contributed by atoms with Gasteiger partial charge in [0.2, 0.25) is 0 Å². The molecule has 1 N–H and O–H groups in total. The number of aromatic amines is 1. The molecule has 2 aromatic heterocycles. The van der Waals surface area contributed by atoms with E-state index in [0.717, 1.165) is 27.8 Å². The number of nitrogens with one attached hydrogen (secondary N) is 1. The molecule has 3 rings (SSSR count). The number of carbonyl (C=O) groups is 1. The number of hydrogen-bond donors (Lipinski definition) is 1. The van der Waals surface area contributed by atoms with E-state index < -0.39 is 5.97 Å². The third kappa shape index (κ3) is 3.48. The molecule has 136 valence electrons. The van der Waals surface area contributed by atoms with Crippen molar-refractivity contribution in [3.8, 4) is 6.07 Å². The molecule has 7 heteroatoms. The molecule has 0 unspecified atom stereocenters. The van der Waals surface area contributed by atoms with E-state index >= 15 is 0 Å². The van der Waals surface area contributed by atoms with Crippen molar-refractivity contribution in [2.24, 2.45) is 0 Å². The van der Waals surface area contributed by atoms with Crippen molar-refractivity contribution in [3.63, 3.8) is 0 Å². The Morgan fingerprint density at radius 1 is 1.44 bits per heavy atom. The van der Waals surface area contributed by atoms with Crippen molar-refractivity contribution in [3.05, 3.63) is 68.2 Å². The quantitative estimate of drug-likeness (QED) is 0.539. The fourth-order valence-electron chi connectivity index (χ4n) is 2.73. The van der Waals surface area contributed by atoms with Crippen molar-refractivity contribution in [1.82, 2.24) is 9.55 Å². The predicted octanol–water partition coefficient (Wildman–Crippen LogP) is 1.64. The highest BCUT2D eigenvalue weighted by Gasteiger charge is 2.16. The summed E-state index contributed by atoms with van der Waals surface area (Å²) in [6.45, 7) is 5.61. The summed E-state index contributed by atoms with van der Waals surface area (Å²) >= 11 is 1.11. The van der Waals surface area contributed by atoms with Crippen LogP contribution in [0.1, 0.15) is 12.5 Å². The van der Waals surface area contributed by atoms with E-state index in [-0.39, 0.29) is 17.7 Å². The van der Waals surface area contributed by atoms with Crippen LogP contribution in [-0.2, 0) is 16.1 Å². The molecule has 27 heavy (non-hydrogen) atoms. The number of para-hydroxylation sites is 1. The Morgan fingerprint density at radius 3 is 2.93 bits per heavy atom. The standard InChI is InChI=1S/C20H17N3O3S/c1-3-9-26-20(25)15(11-21)19-23(4-2)18(24)17(27-19)10-13-12-22-16-8-6-5-7-14(13)16/h3,5-8,10,12,22H,1,4,9H2,2H3. The summed E-state index contributed by atoms with van der Waals surface area (Å²) in [7, 11) is 0. The predicted molar refractivity (Wildman–Crippen MR) is 106 cm³/mol. The highest BCUT2D eigenvalue weighted by molar-refractivity contribution is 7.07. The number of ether oxygens (including phenoxy) is 1. The van der Waals surface area contributed by atoms with Gasteiger partial charge in [-0.25, -0.2) is 4.79 Å². The largest absolute Gasteiger partial charge is 0.457 e. The summed E-state index contributed by atoms with van der Waals surface area (Å²) in [6.07, 6.45) is 5.02. The minimum absolute atomic E-state index is 0.0000667. The molecule has 2 heterocycles. The highest BCUT2D eigenvalue weighted by Crippen LogP contribution is 2.17. The smallest absolute Gasteiger partial charge is 0.352 e. The Labute approximate surface area is 158 Å². The van der Waals surface area contributed by atoms with Crippen LogP contribution in [0.2, 0.25) is 0 Å². The van der Waals surface area contributed by atoms with Gasteiger partial charge in [0, 0.05) is 29.2 Å². The Morgan fingerprint density at radius 2 is 2.22 bits per heavy atom. The second kappa shape index (κ2) is 7.89. The van der Waals surface area contributed by atoms with Crippen LogP contribution in [0.3, 0.4) is 0 Å². The number of nitriles is 1. The van der Waals surface area contributed by atoms with Gasteiger partial charge in [-0.15, -0.1) is 11.3 Å². The van der Waals surface area contributed by atoms with Gasteiger partial charge in [-0.05, 0) is 19.1 Å². The summed E-state index contributed by atoms with van der Waals surface area (Å²) < 4.78 is 7.13. The molecule has 1 aromatic carbocycles. The van der Waals surface area contributed by atoms with E-state index in [4.69, 9.17) is 4.74 Å². The van der Waals surface area contributed by atoms with Gasteiger partial charge in [0.05, 0.1) is 4.53 Å². The number of nitrogens with zero attached hydrogens (tertiary/aromatic N) is 2. The molecule has 0 saturated heterocycles. The number of benzene rings is 1. The first kappa shape index (κ1) is 18.4. The average Bonchev–Trinajstić information content (AvgIpc) is 3.22. The first-order chi connectivity index (χ1) is 13.1. The number of esters is 1. The van der Waals surface area contributed by atoms with Crippen LogP contribution >= 0.6 is 11.3 Å². The number of carbonyl (C=O) groups excluding carboxylic acids is 1. The number of H-pyrrole nitrogens is 1. The lowest BCUT2D eigenvalue weighted by Gasteiger charge is -2.00. The molecule has 0 aliphatic heterocycles. The van der Waals surface area contributed by atoms with Crippen LogP contribution < -0.4 is 14.8 Å². The molecule has 0 radical (unpaired) electrons. The molecule has 0 fully saturated rings. The number of rotatable bonds is 5. The zero-order valence-electron chi connectivity index (χ0n) is 14.7. The van der Waals surface area contributed by atoms with Gasteiger partial charge in [0.15, 0.2) is 5.57 Å². The maximum Gasteiger partial charge on any atom is 0.352 e. The second-order valence-corrected chi connectivity index (χ2v) is 6.66. The van der Waals surface area contributed by atoms with E-state index in [0.29, 0.717) is 15.7 Å². The zero-order chi connectivity index (χ0) is 19.4. The molecule has 6 nitrogen and oxygen atoms in total. The lowest BCUT2D eigenvalue weighted by atomic mass is 10.2. The Balaban J connectivity index is 2.24. The van der Waals surface area contributed by atoms with E-state index in [1.807, 2.05) is 36.5 Å². The van der Waals surface area contributed by atoms with Crippen LogP contribution in [0, 0.1) is 11.3 Å². The molecule has 0 atom stereocenters. The normalized spacial score (nSPS) is 12.7. The van der Waals surface area contributed by atoms with Crippen LogP contribution in [-0.4, -0.2) is 22.1 Å². The molecular weight excluding hydrogens is 362 g/mol. The lowest BCUT2D eigenvalue weighted by Crippen LogP contribution is -2.32. The summed E-state index contributed by atoms with van der Waals surface area (Å²) in [5.41, 5.74) is 1.41. The summed E-state index contributed by atoms with van der Waals surface area (Å²) in [5, 5.41) is 10.4. The van der Waals surface area contributed by atoms with E-state index in [1.165, 1.54) is 10.6 Å². The first-order valence-corrected chi connectivity index (χ1v) is 9.12. The molecule has 3 aromatic rings. The van der Waals surface area contributed by atoms with Crippen LogP contribution in [0.5, 0.6) is 0 Å². The van der Waals surface area contributed by atoms with Gasteiger partial charge in [0.1, 0.15) is 17.3 Å². The van der Waals surface area contributed by atoms with Crippen molar-refractivity contribution < 1.29 is 9.53 Å². The summed E-state index contributed by atoms with van der Waals surface area (Å²) in [6, 6.07) is 9.64. The SMILES string of the molecule is C=CCOC(=O)C(C#N)=c1sc(=Cc2c[nH]c3ccccc23)c(=O)n1CC. The van der Waals surface area contributed by atoms with Gasteiger partial charge in [0.25, 0.3) is 5.56 Å². The molecule has 0 spiro atoms. The number of hydrogen-bond acceptors (Lipinski definition) is 5. The van der Waals surface area contributed by atoms with Crippen LogP contribution in [0.15, 0.2) is 47.9 Å². The fourth-order valence-corrected chi connectivity index (χ4v) is 3.88. The first-order valence-electron chi connectivity index (χ1n) is 8.30. The number of aromatic nitrogens is 2. The van der Waals surface area contributed by atoms with E-state index in [9.17, 15) is 14.9 Å². The van der Waals surface area contributed by atoms with Gasteiger partial charge < -0.3 is 9.72 Å². The maximum atomic E-state index is 12.8. The Kier molecular flexibility index (Phi) is 5.38. The minimum Gasteiger partial charge on any atom is -0.457 e. The number of thiazole rings is 1. The van der Waals surface area contributed by atoms with E-state index in [2.05, 4.69) is 11.6 Å². The van der Waals surface area contributed by atoms with E-state index in [1.54, 1.807) is 13.0 Å². The fraction of sp³-hybridized carbons (Fsp3) is 0.150. The third-order valence-corrected chi connectivity index (χ3v) is 5.12. The lowest BCUT2D eigenvalue weighted by molar-refractivity contribution is -0.135. The zero-order valence-corrected chi connectivity index (χ0v) is 15.5. The van der Waals surface area contributed by atoms with Crippen LogP contribution in [0.25, 0.3) is 22.6 Å². The van der Waals surface area contributed by atoms with Gasteiger partial charge in [-0.2, -0.15) is 5.26 Å². The Hall–Kier alpha value is -3.37. The van der Waals surface area contributed by atoms with Gasteiger partial charge in [-0.3, -0.25) is 9.36 Å². The molecular formula is C20H17N3O3S. The van der Waals surface area contributed by atoms with Gasteiger partial charge >= 0.3 is 5.97 Å². The second-order valence-electron chi connectivity index (χ2n) is 5.63. The van der Waals surface area contributed by atoms with Crippen molar-refractivity contribution >= 4 is 39.9 Å². The molecule has 0 amide bonds. The van der Waals surface area contributed by atoms with Crippen molar-refractivity contribution in [2.45, 2.75) is 13.5 Å². The summed E-state index contributed by atoms with van der Waals surface area (Å²) in [4.78, 5) is 28.1. The molecule has 0 aliphatic rings. The molecule has 0 saturated carbocycles. The van der Waals surface area contributed by atoms with Crippen LogP contribution in [0.4, 0.5) is 0 Å². The van der Waals surface area contributed by atoms with Gasteiger partial charge in [-0.1, -0.05) is 30.9 Å². The average molecular weight is 379 g/mol. The maximum absolute atomic E-state index is 12.8.